The summed E-state index contributed by atoms with van der Waals surface area (Å²) < 4.78 is 29.7. The molecule has 2 rings (SSSR count). The second-order valence-electron chi connectivity index (χ2n) is 5.81. The molecule has 25 heavy (non-hydrogen) atoms. The molecule has 6 nitrogen and oxygen atoms in total. The minimum Gasteiger partial charge on any atom is -0.343 e. The van der Waals surface area contributed by atoms with Crippen molar-refractivity contribution >= 4 is 16.9 Å². The molecular weight excluding hydrogens is 330 g/mol. The third-order valence-electron chi connectivity index (χ3n) is 4.48. The summed E-state index contributed by atoms with van der Waals surface area (Å²) in [6, 6.07) is 0.962. The fraction of sp³-hybridized carbons (Fsp3) is 0.588. The van der Waals surface area contributed by atoms with E-state index in [1.54, 1.807) is 16.5 Å². The molecule has 0 aliphatic heterocycles. The first kappa shape index (κ1) is 19.1. The van der Waals surface area contributed by atoms with Crippen LogP contribution >= 0.6 is 0 Å². The van der Waals surface area contributed by atoms with Gasteiger partial charge in [0.25, 0.3) is 12.0 Å². The Morgan fingerprint density at radius 1 is 1.28 bits per heavy atom. The summed E-state index contributed by atoms with van der Waals surface area (Å²) in [4.78, 5) is 26.2. The van der Waals surface area contributed by atoms with Crippen molar-refractivity contribution in [3.8, 4) is 0 Å². The van der Waals surface area contributed by atoms with Crippen molar-refractivity contribution in [2.75, 3.05) is 13.1 Å². The number of rotatable bonds is 7. The zero-order valence-corrected chi connectivity index (χ0v) is 15.1. The van der Waals surface area contributed by atoms with E-state index in [1.165, 1.54) is 4.57 Å². The van der Waals surface area contributed by atoms with Gasteiger partial charge in [-0.3, -0.25) is 18.8 Å². The first-order valence-corrected chi connectivity index (χ1v) is 8.52. The predicted octanol–water partition coefficient (Wildman–Crippen LogP) is 2.72. The highest BCUT2D eigenvalue weighted by Crippen LogP contribution is 2.28. The third kappa shape index (κ3) is 3.57. The maximum absolute atomic E-state index is 13.4. The molecule has 2 aromatic heterocycles. The van der Waals surface area contributed by atoms with E-state index < -0.39 is 12.0 Å². The average molecular weight is 354 g/mol. The Morgan fingerprint density at radius 2 is 1.92 bits per heavy atom. The van der Waals surface area contributed by atoms with Gasteiger partial charge in [-0.15, -0.1) is 0 Å². The molecule has 0 unspecified atom stereocenters. The van der Waals surface area contributed by atoms with Crippen LogP contribution in [0, 0.1) is 6.92 Å². The fourth-order valence-corrected chi connectivity index (χ4v) is 3.08. The average Bonchev–Trinajstić information content (AvgIpc) is 2.91. The lowest BCUT2D eigenvalue weighted by Crippen LogP contribution is -2.32. The van der Waals surface area contributed by atoms with E-state index in [0.29, 0.717) is 30.7 Å². The fourth-order valence-electron chi connectivity index (χ4n) is 3.08. The molecule has 0 N–H and O–H groups in total. The van der Waals surface area contributed by atoms with Gasteiger partial charge in [0.1, 0.15) is 0 Å². The second kappa shape index (κ2) is 7.76. The molecule has 0 fully saturated rings. The molecule has 0 aromatic carbocycles. The highest BCUT2D eigenvalue weighted by molar-refractivity contribution is 5.83. The van der Waals surface area contributed by atoms with Crippen molar-refractivity contribution in [2.24, 2.45) is 0 Å². The number of aromatic nitrogens is 3. The molecule has 0 atom stereocenters. The number of hydrogen-bond acceptors (Lipinski definition) is 3. The van der Waals surface area contributed by atoms with Crippen molar-refractivity contribution in [1.82, 2.24) is 19.2 Å². The minimum absolute atomic E-state index is 0.0744. The van der Waals surface area contributed by atoms with Gasteiger partial charge in [0.15, 0.2) is 5.65 Å². The number of nitrogens with zero attached hydrogens (tertiary/aromatic N) is 4. The molecule has 138 valence electrons. The summed E-state index contributed by atoms with van der Waals surface area (Å²) in [5, 5.41) is 4.62. The lowest BCUT2D eigenvalue weighted by atomic mass is 10.1. The maximum atomic E-state index is 13.4. The second-order valence-corrected chi connectivity index (χ2v) is 5.81. The van der Waals surface area contributed by atoms with E-state index in [4.69, 9.17) is 0 Å². The van der Waals surface area contributed by atoms with Gasteiger partial charge >= 0.3 is 0 Å². The van der Waals surface area contributed by atoms with Gasteiger partial charge in [-0.1, -0.05) is 0 Å². The van der Waals surface area contributed by atoms with Gasteiger partial charge < -0.3 is 4.90 Å². The molecule has 0 bridgehead atoms. The Kier molecular flexibility index (Phi) is 5.92. The van der Waals surface area contributed by atoms with E-state index in [2.05, 4.69) is 5.10 Å². The summed E-state index contributed by atoms with van der Waals surface area (Å²) in [5.41, 5.74) is -0.0504. The van der Waals surface area contributed by atoms with Gasteiger partial charge in [-0.05, 0) is 27.7 Å². The smallest absolute Gasteiger partial charge is 0.264 e. The molecule has 0 spiro atoms. The highest BCUT2D eigenvalue weighted by atomic mass is 19.3. The van der Waals surface area contributed by atoms with Crippen molar-refractivity contribution < 1.29 is 13.6 Å². The third-order valence-corrected chi connectivity index (χ3v) is 4.48. The van der Waals surface area contributed by atoms with Crippen LogP contribution in [0.3, 0.4) is 0 Å². The van der Waals surface area contributed by atoms with E-state index >= 15 is 0 Å². The van der Waals surface area contributed by atoms with Crippen LogP contribution in [0.4, 0.5) is 8.78 Å². The standard InChI is InChI=1S/C17H24F2N4O2/c1-5-21(6-2)13(24)8-9-22-14(25)10-12(16(18)19)15-11(4)23(7-3)20-17(15)22/h10,16H,5-9H2,1-4H3. The SMILES string of the molecule is CCN(CC)C(=O)CCn1c(=O)cc(C(F)F)c2c(C)n(CC)nc21. The van der Waals surface area contributed by atoms with E-state index in [9.17, 15) is 18.4 Å². The van der Waals surface area contributed by atoms with Crippen LogP contribution in [0.5, 0.6) is 0 Å². The molecule has 2 heterocycles. The topological polar surface area (TPSA) is 60.1 Å². The van der Waals surface area contributed by atoms with Gasteiger partial charge in [-0.25, -0.2) is 8.78 Å². The lowest BCUT2D eigenvalue weighted by Gasteiger charge is -2.19. The van der Waals surface area contributed by atoms with Crippen molar-refractivity contribution in [3.63, 3.8) is 0 Å². The van der Waals surface area contributed by atoms with Crippen LogP contribution in [0.2, 0.25) is 0 Å². The number of hydrogen-bond donors (Lipinski definition) is 0. The Hall–Kier alpha value is -2.25. The summed E-state index contributed by atoms with van der Waals surface area (Å²) in [6.07, 6.45) is -2.63. The number of carbonyl (C=O) groups is 1. The van der Waals surface area contributed by atoms with Crippen LogP contribution in [-0.4, -0.2) is 38.2 Å². The molecular formula is C17H24F2N4O2. The zero-order chi connectivity index (χ0) is 18.7. The number of fused-ring (bicyclic) bond motifs is 1. The minimum atomic E-state index is -2.75. The van der Waals surface area contributed by atoms with Crippen molar-refractivity contribution in [2.45, 2.75) is 53.6 Å². The number of aryl methyl sites for hydroxylation is 3. The number of halogens is 2. The molecule has 0 radical (unpaired) electrons. The molecule has 0 saturated heterocycles. The van der Waals surface area contributed by atoms with Crippen LogP contribution in [-0.2, 0) is 17.9 Å². The molecule has 0 saturated carbocycles. The van der Waals surface area contributed by atoms with Crippen LogP contribution in [0.25, 0.3) is 11.0 Å². The lowest BCUT2D eigenvalue weighted by molar-refractivity contribution is -0.131. The Bertz CT molecular complexity index is 822. The Labute approximate surface area is 145 Å². The Morgan fingerprint density at radius 3 is 2.44 bits per heavy atom. The van der Waals surface area contributed by atoms with E-state index in [1.807, 2.05) is 20.8 Å². The van der Waals surface area contributed by atoms with Crippen LogP contribution in [0.1, 0.15) is 44.9 Å². The first-order valence-electron chi connectivity index (χ1n) is 8.52. The number of amides is 1. The monoisotopic (exact) mass is 354 g/mol. The number of carbonyl (C=O) groups excluding carboxylic acids is 1. The van der Waals surface area contributed by atoms with Gasteiger partial charge in [0, 0.05) is 55.3 Å². The van der Waals surface area contributed by atoms with Gasteiger partial charge in [-0.2, -0.15) is 5.10 Å². The maximum Gasteiger partial charge on any atom is 0.264 e. The van der Waals surface area contributed by atoms with Gasteiger partial charge in [0.2, 0.25) is 5.91 Å². The molecule has 8 heteroatoms. The van der Waals surface area contributed by atoms with Gasteiger partial charge in [0.05, 0.1) is 0 Å². The van der Waals surface area contributed by atoms with Crippen LogP contribution in [0.15, 0.2) is 10.9 Å². The summed E-state index contributed by atoms with van der Waals surface area (Å²) in [5.74, 6) is -0.0744. The predicted molar refractivity (Wildman–Crippen MR) is 91.9 cm³/mol. The molecule has 1 amide bonds. The largest absolute Gasteiger partial charge is 0.343 e. The summed E-state index contributed by atoms with van der Waals surface area (Å²) in [6.45, 7) is 9.14. The highest BCUT2D eigenvalue weighted by Gasteiger charge is 2.22. The van der Waals surface area contributed by atoms with Crippen LogP contribution < -0.4 is 5.56 Å². The normalized spacial score (nSPS) is 11.5. The molecule has 0 aliphatic carbocycles. The number of pyridine rings is 1. The molecule has 0 aliphatic rings. The summed E-state index contributed by atoms with van der Waals surface area (Å²) >= 11 is 0. The van der Waals surface area contributed by atoms with E-state index in [-0.39, 0.29) is 30.1 Å². The quantitative estimate of drug-likeness (QED) is 0.768. The van der Waals surface area contributed by atoms with E-state index in [0.717, 1.165) is 6.07 Å². The van der Waals surface area contributed by atoms with Crippen molar-refractivity contribution in [1.29, 1.82) is 0 Å². The molecule has 2 aromatic rings. The number of alkyl halides is 2. The van der Waals surface area contributed by atoms with Crippen molar-refractivity contribution in [3.05, 3.63) is 27.7 Å². The zero-order valence-electron chi connectivity index (χ0n) is 15.1. The summed E-state index contributed by atoms with van der Waals surface area (Å²) in [7, 11) is 0. The first-order chi connectivity index (χ1) is 11.8. The Balaban J connectivity index is 2.50.